The van der Waals surface area contributed by atoms with Crippen LogP contribution in [-0.2, 0) is 22.4 Å². The zero-order chi connectivity index (χ0) is 21.9. The molecular weight excluding hydrogens is 386 g/mol. The predicted molar refractivity (Wildman–Crippen MR) is 125 cm³/mol. The third-order valence-corrected chi connectivity index (χ3v) is 5.16. The summed E-state index contributed by atoms with van der Waals surface area (Å²) in [6.07, 6.45) is 4.11. The third kappa shape index (κ3) is 7.21. The molecule has 0 saturated carbocycles. The fraction of sp³-hybridized carbons (Fsp3) is 0.222. The first-order valence-electron chi connectivity index (χ1n) is 10.5. The monoisotopic (exact) mass is 415 g/mol. The molecule has 3 rings (SSSR count). The highest BCUT2D eigenvalue weighted by molar-refractivity contribution is 5.76. The first-order valence-corrected chi connectivity index (χ1v) is 10.5. The summed E-state index contributed by atoms with van der Waals surface area (Å²) in [4.78, 5) is 12.5. The molecule has 0 fully saturated rings. The number of methoxy groups -OCH3 is 1. The Labute approximate surface area is 184 Å². The van der Waals surface area contributed by atoms with Crippen LogP contribution >= 0.6 is 0 Å². The lowest BCUT2D eigenvalue weighted by molar-refractivity contribution is -0.143. The Morgan fingerprint density at radius 3 is 1.94 bits per heavy atom. The van der Waals surface area contributed by atoms with Gasteiger partial charge in [0.25, 0.3) is 0 Å². The van der Waals surface area contributed by atoms with Crippen molar-refractivity contribution in [3.05, 3.63) is 114 Å². The van der Waals surface area contributed by atoms with Crippen LogP contribution in [0.5, 0.6) is 0 Å². The van der Waals surface area contributed by atoms with Crippen LogP contribution in [0, 0.1) is 0 Å². The zero-order valence-electron chi connectivity index (χ0n) is 17.7. The summed E-state index contributed by atoms with van der Waals surface area (Å²) < 4.78 is 5.04. The third-order valence-electron chi connectivity index (χ3n) is 5.16. The number of ether oxygens (including phenoxy) is 1. The Bertz CT molecular complexity index is 942. The number of hydrogen-bond donors (Lipinski definition) is 2. The largest absolute Gasteiger partial charge is 0.468 e. The number of carbonyl (C=O) groups excluding carboxylic acids is 1. The van der Waals surface area contributed by atoms with Crippen LogP contribution in [0.25, 0.3) is 6.08 Å². The van der Waals surface area contributed by atoms with Gasteiger partial charge in [0.1, 0.15) is 6.04 Å². The summed E-state index contributed by atoms with van der Waals surface area (Å²) in [7, 11) is 1.39. The van der Waals surface area contributed by atoms with E-state index in [4.69, 9.17) is 4.74 Å². The van der Waals surface area contributed by atoms with Gasteiger partial charge in [0.05, 0.1) is 19.3 Å². The van der Waals surface area contributed by atoms with Gasteiger partial charge in [0.2, 0.25) is 0 Å². The van der Waals surface area contributed by atoms with Crippen LogP contribution in [-0.4, -0.2) is 36.4 Å². The first kappa shape index (κ1) is 22.5. The second kappa shape index (κ2) is 11.8. The van der Waals surface area contributed by atoms with E-state index < -0.39 is 18.2 Å². The molecule has 31 heavy (non-hydrogen) atoms. The van der Waals surface area contributed by atoms with E-state index in [1.165, 1.54) is 7.11 Å². The van der Waals surface area contributed by atoms with Crippen LogP contribution in [0.4, 0.5) is 0 Å². The lowest BCUT2D eigenvalue weighted by atomic mass is 9.98. The smallest absolute Gasteiger partial charge is 0.323 e. The Morgan fingerprint density at radius 2 is 1.39 bits per heavy atom. The van der Waals surface area contributed by atoms with Gasteiger partial charge >= 0.3 is 5.97 Å². The van der Waals surface area contributed by atoms with E-state index in [0.717, 1.165) is 16.7 Å². The van der Waals surface area contributed by atoms with Gasteiger partial charge in [0.15, 0.2) is 0 Å². The predicted octanol–water partition coefficient (Wildman–Crippen LogP) is 4.05. The van der Waals surface area contributed by atoms with E-state index in [9.17, 15) is 9.90 Å². The SMILES string of the molecule is COC(=O)[C@@H](Cc1ccccc1)N[C@H](/C=C/c1ccccc1)[C@@H](O)Cc1ccccc1. The molecule has 0 unspecified atom stereocenters. The molecule has 3 atom stereocenters. The van der Waals surface area contributed by atoms with E-state index in [-0.39, 0.29) is 5.97 Å². The van der Waals surface area contributed by atoms with Crippen molar-refractivity contribution in [2.75, 3.05) is 7.11 Å². The molecule has 3 aromatic rings. The minimum Gasteiger partial charge on any atom is -0.468 e. The summed E-state index contributed by atoms with van der Waals surface area (Å²) in [5, 5.41) is 14.4. The van der Waals surface area contributed by atoms with Gasteiger partial charge in [0, 0.05) is 6.42 Å². The Morgan fingerprint density at radius 1 is 0.871 bits per heavy atom. The maximum absolute atomic E-state index is 12.5. The molecule has 0 heterocycles. The van der Waals surface area contributed by atoms with Gasteiger partial charge < -0.3 is 9.84 Å². The molecule has 2 N–H and O–H groups in total. The Balaban J connectivity index is 1.81. The van der Waals surface area contributed by atoms with Crippen molar-refractivity contribution >= 4 is 12.0 Å². The van der Waals surface area contributed by atoms with Crippen molar-refractivity contribution in [2.24, 2.45) is 0 Å². The summed E-state index contributed by atoms with van der Waals surface area (Å²) in [5.41, 5.74) is 3.08. The van der Waals surface area contributed by atoms with Crippen molar-refractivity contribution < 1.29 is 14.6 Å². The molecule has 0 saturated heterocycles. The highest BCUT2D eigenvalue weighted by Crippen LogP contribution is 2.12. The number of aliphatic hydroxyl groups excluding tert-OH is 1. The van der Waals surface area contributed by atoms with Crippen LogP contribution in [0.3, 0.4) is 0 Å². The molecule has 0 aliphatic heterocycles. The quantitative estimate of drug-likeness (QED) is 0.491. The molecule has 0 aromatic heterocycles. The Hall–Kier alpha value is -3.21. The maximum Gasteiger partial charge on any atom is 0.323 e. The summed E-state index contributed by atoms with van der Waals surface area (Å²) in [6, 6.07) is 28.5. The van der Waals surface area contributed by atoms with Gasteiger partial charge in [-0.3, -0.25) is 10.1 Å². The van der Waals surface area contributed by atoms with Gasteiger partial charge in [-0.25, -0.2) is 0 Å². The van der Waals surface area contributed by atoms with Gasteiger partial charge in [-0.05, 0) is 23.1 Å². The molecule has 0 aliphatic rings. The molecule has 0 bridgehead atoms. The average molecular weight is 416 g/mol. The molecule has 160 valence electrons. The standard InChI is InChI=1S/C27H29NO3/c1-31-27(30)25(19-22-13-7-3-8-14-22)28-24(18-17-21-11-5-2-6-12-21)26(29)20-23-15-9-4-10-16-23/h2-18,24-26,28-29H,19-20H2,1H3/b18-17+/t24-,25-,26+/m1/s1. The maximum atomic E-state index is 12.5. The van der Waals surface area contributed by atoms with Crippen molar-refractivity contribution in [2.45, 2.75) is 31.0 Å². The summed E-state index contributed by atoms with van der Waals surface area (Å²) in [5.74, 6) is -0.353. The fourth-order valence-electron chi connectivity index (χ4n) is 3.49. The average Bonchev–Trinajstić information content (AvgIpc) is 2.82. The molecular formula is C27H29NO3. The number of aliphatic hydroxyl groups is 1. The fourth-order valence-corrected chi connectivity index (χ4v) is 3.49. The number of nitrogens with one attached hydrogen (secondary N) is 1. The molecule has 0 spiro atoms. The summed E-state index contributed by atoms with van der Waals surface area (Å²) in [6.45, 7) is 0. The number of carbonyl (C=O) groups is 1. The van der Waals surface area contributed by atoms with Crippen molar-refractivity contribution in [1.82, 2.24) is 5.32 Å². The molecule has 4 nitrogen and oxygen atoms in total. The highest BCUT2D eigenvalue weighted by Gasteiger charge is 2.26. The number of rotatable bonds is 10. The lowest BCUT2D eigenvalue weighted by Gasteiger charge is -2.26. The van der Waals surface area contributed by atoms with Crippen LogP contribution in [0.2, 0.25) is 0 Å². The molecule has 3 aromatic carbocycles. The van der Waals surface area contributed by atoms with E-state index in [1.54, 1.807) is 0 Å². The van der Waals surface area contributed by atoms with Gasteiger partial charge in [-0.15, -0.1) is 0 Å². The number of hydrogen-bond acceptors (Lipinski definition) is 4. The number of esters is 1. The van der Waals surface area contributed by atoms with Gasteiger partial charge in [-0.2, -0.15) is 0 Å². The molecule has 0 amide bonds. The molecule has 0 aliphatic carbocycles. The number of benzene rings is 3. The lowest BCUT2D eigenvalue weighted by Crippen LogP contribution is -2.49. The van der Waals surface area contributed by atoms with Crippen molar-refractivity contribution in [3.63, 3.8) is 0 Å². The van der Waals surface area contributed by atoms with Crippen LogP contribution in [0.15, 0.2) is 97.1 Å². The van der Waals surface area contributed by atoms with E-state index in [0.29, 0.717) is 12.8 Å². The second-order valence-electron chi connectivity index (χ2n) is 7.48. The van der Waals surface area contributed by atoms with Crippen molar-refractivity contribution in [3.8, 4) is 0 Å². The molecule has 4 heteroatoms. The molecule has 0 radical (unpaired) electrons. The minimum atomic E-state index is -0.717. The Kier molecular flexibility index (Phi) is 8.59. The first-order chi connectivity index (χ1) is 15.2. The van der Waals surface area contributed by atoms with Gasteiger partial charge in [-0.1, -0.05) is 103 Å². The van der Waals surface area contributed by atoms with E-state index in [2.05, 4.69) is 5.32 Å². The summed E-state index contributed by atoms with van der Waals surface area (Å²) >= 11 is 0. The van der Waals surface area contributed by atoms with Crippen molar-refractivity contribution in [1.29, 1.82) is 0 Å². The minimum absolute atomic E-state index is 0.353. The normalized spacial score (nSPS) is 14.1. The van der Waals surface area contributed by atoms with E-state index in [1.807, 2.05) is 103 Å². The van der Waals surface area contributed by atoms with Crippen LogP contribution in [0.1, 0.15) is 16.7 Å². The van der Waals surface area contributed by atoms with Crippen LogP contribution < -0.4 is 5.32 Å². The van der Waals surface area contributed by atoms with E-state index >= 15 is 0 Å². The highest BCUT2D eigenvalue weighted by atomic mass is 16.5. The topological polar surface area (TPSA) is 58.6 Å². The zero-order valence-corrected chi connectivity index (χ0v) is 17.7. The second-order valence-corrected chi connectivity index (χ2v) is 7.48.